The van der Waals surface area contributed by atoms with Gasteiger partial charge < -0.3 is 5.32 Å². The molecular formula is C21H22BrN3O2S. The number of carbonyl (C=O) groups excluding carboxylic acids is 1. The van der Waals surface area contributed by atoms with E-state index >= 15 is 0 Å². The van der Waals surface area contributed by atoms with Crippen LogP contribution in [0, 0.1) is 0 Å². The number of nitrogens with zero attached hydrogens (tertiary/aromatic N) is 2. The van der Waals surface area contributed by atoms with Gasteiger partial charge in [0.1, 0.15) is 0 Å². The van der Waals surface area contributed by atoms with Crippen LogP contribution in [0.1, 0.15) is 38.4 Å². The quantitative estimate of drug-likeness (QED) is 0.428. The number of amides is 1. The highest BCUT2D eigenvalue weighted by atomic mass is 79.9. The van der Waals surface area contributed by atoms with Crippen molar-refractivity contribution in [3.05, 3.63) is 68.9 Å². The van der Waals surface area contributed by atoms with Gasteiger partial charge in [0.05, 0.1) is 22.7 Å². The maximum atomic E-state index is 12.8. The average molecular weight is 460 g/mol. The Kier molecular flexibility index (Phi) is 6.57. The molecule has 1 heterocycles. The highest BCUT2D eigenvalue weighted by Crippen LogP contribution is 2.21. The van der Waals surface area contributed by atoms with Crippen molar-refractivity contribution < 1.29 is 4.79 Å². The zero-order valence-corrected chi connectivity index (χ0v) is 18.4. The third-order valence-corrected chi connectivity index (χ3v) is 5.85. The van der Waals surface area contributed by atoms with E-state index in [9.17, 15) is 9.59 Å². The van der Waals surface area contributed by atoms with Gasteiger partial charge in [-0.15, -0.1) is 0 Å². The predicted octanol–water partition coefficient (Wildman–Crippen LogP) is 4.71. The highest BCUT2D eigenvalue weighted by molar-refractivity contribution is 9.10. The maximum Gasteiger partial charge on any atom is 0.262 e. The normalized spacial score (nSPS) is 12.3. The minimum atomic E-state index is -0.0990. The van der Waals surface area contributed by atoms with E-state index < -0.39 is 0 Å². The van der Waals surface area contributed by atoms with Gasteiger partial charge in [-0.05, 0) is 50.6 Å². The van der Waals surface area contributed by atoms with Crippen molar-refractivity contribution in [3.63, 3.8) is 0 Å². The summed E-state index contributed by atoms with van der Waals surface area (Å²) in [6.07, 6.45) is 0. The van der Waals surface area contributed by atoms with Gasteiger partial charge in [0.15, 0.2) is 5.16 Å². The van der Waals surface area contributed by atoms with Crippen molar-refractivity contribution in [1.82, 2.24) is 14.9 Å². The van der Waals surface area contributed by atoms with Gasteiger partial charge in [-0.2, -0.15) is 0 Å². The Morgan fingerprint density at radius 3 is 2.50 bits per heavy atom. The lowest BCUT2D eigenvalue weighted by Crippen LogP contribution is -2.29. The van der Waals surface area contributed by atoms with E-state index in [1.165, 1.54) is 11.8 Å². The minimum Gasteiger partial charge on any atom is -0.349 e. The van der Waals surface area contributed by atoms with Crippen LogP contribution in [0.3, 0.4) is 0 Å². The molecule has 0 spiro atoms. The summed E-state index contributed by atoms with van der Waals surface area (Å²) in [5, 5.41) is 4.15. The molecule has 0 saturated heterocycles. The van der Waals surface area contributed by atoms with Gasteiger partial charge in [0.2, 0.25) is 5.91 Å². The van der Waals surface area contributed by atoms with Gasteiger partial charge in [-0.25, -0.2) is 4.98 Å². The molecule has 1 atom stereocenters. The largest absolute Gasteiger partial charge is 0.349 e. The van der Waals surface area contributed by atoms with Crippen LogP contribution in [0.25, 0.3) is 10.9 Å². The van der Waals surface area contributed by atoms with Crippen LogP contribution in [0.2, 0.25) is 0 Å². The molecule has 1 N–H and O–H groups in total. The fraction of sp³-hybridized carbons (Fsp3) is 0.286. The molecule has 1 unspecified atom stereocenters. The van der Waals surface area contributed by atoms with E-state index in [0.29, 0.717) is 16.1 Å². The summed E-state index contributed by atoms with van der Waals surface area (Å²) in [5.74, 6) is 0.0939. The van der Waals surface area contributed by atoms with Crippen molar-refractivity contribution in [2.24, 2.45) is 0 Å². The SMILES string of the molecule is CC(NC(=O)CSc1nc2ccccc2c(=O)n1C(C)C)c1ccc(Br)cc1. The molecule has 0 bridgehead atoms. The topological polar surface area (TPSA) is 64.0 Å². The summed E-state index contributed by atoms with van der Waals surface area (Å²) in [5.41, 5.74) is 1.60. The van der Waals surface area contributed by atoms with Crippen LogP contribution < -0.4 is 10.9 Å². The number of carbonyl (C=O) groups is 1. The van der Waals surface area contributed by atoms with Crippen LogP contribution in [0.5, 0.6) is 0 Å². The number of halogens is 1. The van der Waals surface area contributed by atoms with E-state index in [1.54, 1.807) is 10.6 Å². The lowest BCUT2D eigenvalue weighted by atomic mass is 10.1. The van der Waals surface area contributed by atoms with Gasteiger partial charge in [-0.1, -0.05) is 52.0 Å². The number of aromatic nitrogens is 2. The van der Waals surface area contributed by atoms with Crippen molar-refractivity contribution in [1.29, 1.82) is 0 Å². The number of hydrogen-bond donors (Lipinski definition) is 1. The second-order valence-electron chi connectivity index (χ2n) is 6.81. The minimum absolute atomic E-state index is 0.0446. The third kappa shape index (κ3) is 4.64. The summed E-state index contributed by atoms with van der Waals surface area (Å²) in [4.78, 5) is 29.9. The molecule has 0 aliphatic heterocycles. The van der Waals surface area contributed by atoms with Crippen molar-refractivity contribution in [2.75, 3.05) is 5.75 Å². The first-order chi connectivity index (χ1) is 13.4. The fourth-order valence-electron chi connectivity index (χ4n) is 2.93. The number of benzene rings is 2. The monoisotopic (exact) mass is 459 g/mol. The Hall–Kier alpha value is -2.12. The Labute approximate surface area is 176 Å². The second kappa shape index (κ2) is 8.92. The van der Waals surface area contributed by atoms with Crippen LogP contribution in [0.15, 0.2) is 63.0 Å². The fourth-order valence-corrected chi connectivity index (χ4v) is 4.13. The van der Waals surface area contributed by atoms with Crippen molar-refractivity contribution in [2.45, 2.75) is 38.0 Å². The predicted molar refractivity (Wildman–Crippen MR) is 118 cm³/mol. The first-order valence-corrected chi connectivity index (χ1v) is 10.8. The summed E-state index contributed by atoms with van der Waals surface area (Å²) >= 11 is 4.70. The molecule has 0 fully saturated rings. The molecule has 146 valence electrons. The molecule has 0 aliphatic rings. The van der Waals surface area contributed by atoms with E-state index in [2.05, 4.69) is 26.2 Å². The summed E-state index contributed by atoms with van der Waals surface area (Å²) in [6, 6.07) is 15.0. The Bertz CT molecular complexity index is 1050. The molecule has 0 radical (unpaired) electrons. The molecule has 0 aliphatic carbocycles. The second-order valence-corrected chi connectivity index (χ2v) is 8.67. The highest BCUT2D eigenvalue weighted by Gasteiger charge is 2.16. The van der Waals surface area contributed by atoms with Gasteiger partial charge in [0, 0.05) is 10.5 Å². The number of para-hydroxylation sites is 1. The third-order valence-electron chi connectivity index (χ3n) is 4.37. The van der Waals surface area contributed by atoms with Crippen LogP contribution in [-0.4, -0.2) is 21.2 Å². The summed E-state index contributed by atoms with van der Waals surface area (Å²) in [6.45, 7) is 5.83. The number of rotatable bonds is 6. The Morgan fingerprint density at radius 1 is 1.14 bits per heavy atom. The van der Waals surface area contributed by atoms with Crippen molar-refractivity contribution in [3.8, 4) is 0 Å². The first-order valence-electron chi connectivity index (χ1n) is 9.05. The number of hydrogen-bond acceptors (Lipinski definition) is 4. The van der Waals surface area contributed by atoms with E-state index in [-0.39, 0.29) is 29.3 Å². The van der Waals surface area contributed by atoms with Crippen LogP contribution in [0.4, 0.5) is 0 Å². The van der Waals surface area contributed by atoms with E-state index in [4.69, 9.17) is 0 Å². The standard InChI is InChI=1S/C21H22BrN3O2S/c1-13(2)25-20(27)17-6-4-5-7-18(17)24-21(25)28-12-19(26)23-14(3)15-8-10-16(22)11-9-15/h4-11,13-14H,12H2,1-3H3,(H,23,26). The molecule has 2 aromatic carbocycles. The van der Waals surface area contributed by atoms with Crippen LogP contribution in [-0.2, 0) is 4.79 Å². The van der Waals surface area contributed by atoms with Crippen molar-refractivity contribution >= 4 is 44.5 Å². The lowest BCUT2D eigenvalue weighted by Gasteiger charge is -2.17. The van der Waals surface area contributed by atoms with E-state index in [0.717, 1.165) is 10.0 Å². The first kappa shape index (κ1) is 20.6. The maximum absolute atomic E-state index is 12.8. The Morgan fingerprint density at radius 2 is 1.82 bits per heavy atom. The molecule has 28 heavy (non-hydrogen) atoms. The molecule has 3 aromatic rings. The lowest BCUT2D eigenvalue weighted by molar-refractivity contribution is -0.119. The summed E-state index contributed by atoms with van der Waals surface area (Å²) in [7, 11) is 0. The number of nitrogens with one attached hydrogen (secondary N) is 1. The molecular weight excluding hydrogens is 438 g/mol. The zero-order chi connectivity index (χ0) is 20.3. The summed E-state index contributed by atoms with van der Waals surface area (Å²) < 4.78 is 2.65. The molecule has 3 rings (SSSR count). The number of fused-ring (bicyclic) bond motifs is 1. The smallest absolute Gasteiger partial charge is 0.262 e. The molecule has 5 nitrogen and oxygen atoms in total. The molecule has 1 aromatic heterocycles. The van der Waals surface area contributed by atoms with Gasteiger partial charge in [-0.3, -0.25) is 14.2 Å². The van der Waals surface area contributed by atoms with Gasteiger partial charge >= 0.3 is 0 Å². The number of thioether (sulfide) groups is 1. The zero-order valence-electron chi connectivity index (χ0n) is 16.0. The van der Waals surface area contributed by atoms with E-state index in [1.807, 2.05) is 63.2 Å². The van der Waals surface area contributed by atoms with Crippen LogP contribution >= 0.6 is 27.7 Å². The average Bonchev–Trinajstić information content (AvgIpc) is 2.66. The molecule has 0 saturated carbocycles. The van der Waals surface area contributed by atoms with Gasteiger partial charge in [0.25, 0.3) is 5.56 Å². The Balaban J connectivity index is 1.75. The molecule has 1 amide bonds. The molecule has 7 heteroatoms.